The Bertz CT molecular complexity index is 374. The first-order chi connectivity index (χ1) is 6.83. The summed E-state index contributed by atoms with van der Waals surface area (Å²) in [6, 6.07) is 0. The van der Waals surface area contributed by atoms with E-state index in [1.54, 1.807) is 32.4 Å². The molecule has 0 aliphatic carbocycles. The summed E-state index contributed by atoms with van der Waals surface area (Å²) in [4.78, 5) is 0. The summed E-state index contributed by atoms with van der Waals surface area (Å²) in [5.74, 6) is 0.453. The molecule has 1 fully saturated rings. The van der Waals surface area contributed by atoms with E-state index < -0.39 is 0 Å². The molecule has 1 aromatic heterocycles. The van der Waals surface area contributed by atoms with E-state index in [0.29, 0.717) is 5.75 Å². The molecule has 0 saturated carbocycles. The topological polar surface area (TPSA) is 32.5 Å². The van der Waals surface area contributed by atoms with Crippen LogP contribution in [0.5, 0.6) is 5.75 Å². The number of aromatic hydroxyl groups is 1. The van der Waals surface area contributed by atoms with Crippen LogP contribution in [0.4, 0.5) is 0 Å². The summed E-state index contributed by atoms with van der Waals surface area (Å²) >= 11 is 1.60. The molecule has 0 aromatic carbocycles. The lowest BCUT2D eigenvalue weighted by Crippen LogP contribution is -2.38. The second-order valence-corrected chi connectivity index (χ2v) is 6.11. The molecule has 0 spiro atoms. The molecular weight excluding hydrogens is 238 g/mol. The van der Waals surface area contributed by atoms with E-state index in [1.807, 2.05) is 6.26 Å². The molecule has 0 unspecified atom stereocenters. The summed E-state index contributed by atoms with van der Waals surface area (Å²) < 4.78 is 9.48. The minimum Gasteiger partial charge on any atom is -0.500 e. The predicted octanol–water partition coefficient (Wildman–Crippen LogP) is 1.04. The normalized spacial score (nSPS) is 17.4. The number of hydrogen-bond donors (Lipinski definition) is 1. The van der Waals surface area contributed by atoms with Crippen LogP contribution in [0.15, 0.2) is 4.21 Å². The molecule has 2 heterocycles. The van der Waals surface area contributed by atoms with Crippen molar-refractivity contribution in [2.75, 3.05) is 32.6 Å². The zero-order chi connectivity index (χ0) is 9.97. The van der Waals surface area contributed by atoms with E-state index in [4.69, 9.17) is 4.74 Å². The molecule has 0 bridgehead atoms. The summed E-state index contributed by atoms with van der Waals surface area (Å²) in [6.07, 6.45) is 1.99. The lowest BCUT2D eigenvalue weighted by atomic mass is 10.5. The van der Waals surface area contributed by atoms with Gasteiger partial charge >= 0.3 is 4.67 Å². The molecule has 3 nitrogen and oxygen atoms in total. The molecule has 2 rings (SSSR count). The molecule has 1 aliphatic heterocycles. The second kappa shape index (κ2) is 4.65. The molecule has 78 valence electrons. The molecule has 6 heteroatoms. The SMILES string of the molecule is CSc1ssc(=[N+]2CCOCC2)c1O. The van der Waals surface area contributed by atoms with Gasteiger partial charge in [-0.05, 0) is 16.6 Å². The van der Waals surface area contributed by atoms with Crippen molar-refractivity contribution in [3.8, 4) is 5.75 Å². The zero-order valence-electron chi connectivity index (χ0n) is 7.86. The highest BCUT2D eigenvalue weighted by atomic mass is 32.9. The minimum atomic E-state index is 0.453. The Morgan fingerprint density at radius 1 is 1.36 bits per heavy atom. The van der Waals surface area contributed by atoms with Crippen LogP contribution in [0.1, 0.15) is 0 Å². The first-order valence-corrected chi connectivity index (χ1v) is 7.72. The van der Waals surface area contributed by atoms with Crippen molar-refractivity contribution < 1.29 is 9.84 Å². The van der Waals surface area contributed by atoms with Gasteiger partial charge in [0.2, 0.25) is 5.75 Å². The van der Waals surface area contributed by atoms with Crippen molar-refractivity contribution in [1.82, 2.24) is 4.58 Å². The molecule has 1 aliphatic rings. The highest BCUT2D eigenvalue weighted by molar-refractivity contribution is 8.02. The molecule has 1 aromatic rings. The summed E-state index contributed by atoms with van der Waals surface area (Å²) in [7, 11) is 3.29. The average molecular weight is 250 g/mol. The van der Waals surface area contributed by atoms with Gasteiger partial charge in [0.25, 0.3) is 0 Å². The zero-order valence-corrected chi connectivity index (χ0v) is 10.3. The molecule has 0 amide bonds. The van der Waals surface area contributed by atoms with E-state index in [0.717, 1.165) is 35.2 Å². The third-order valence-electron chi connectivity index (χ3n) is 2.08. The smallest absolute Gasteiger partial charge is 0.310 e. The van der Waals surface area contributed by atoms with Crippen molar-refractivity contribution in [3.63, 3.8) is 0 Å². The maximum Gasteiger partial charge on any atom is 0.310 e. The fourth-order valence-corrected chi connectivity index (χ4v) is 5.01. The van der Waals surface area contributed by atoms with E-state index >= 15 is 0 Å². The van der Waals surface area contributed by atoms with Crippen LogP contribution in [-0.2, 0) is 4.74 Å². The second-order valence-electron chi connectivity index (χ2n) is 2.91. The van der Waals surface area contributed by atoms with Gasteiger partial charge in [-0.2, -0.15) is 0 Å². The van der Waals surface area contributed by atoms with E-state index in [9.17, 15) is 5.11 Å². The van der Waals surface area contributed by atoms with Gasteiger partial charge < -0.3 is 9.84 Å². The third kappa shape index (κ3) is 1.98. The average Bonchev–Trinajstić information content (AvgIpc) is 2.61. The Morgan fingerprint density at radius 3 is 2.64 bits per heavy atom. The number of rotatable bonds is 1. The third-order valence-corrected chi connectivity index (χ3v) is 5.97. The number of thioether (sulfide) groups is 1. The van der Waals surface area contributed by atoms with Gasteiger partial charge in [-0.15, -0.1) is 11.8 Å². The van der Waals surface area contributed by atoms with Crippen LogP contribution < -0.4 is 9.25 Å². The molecule has 1 saturated heterocycles. The van der Waals surface area contributed by atoms with Crippen LogP contribution in [0, 0.1) is 0 Å². The minimum absolute atomic E-state index is 0.453. The van der Waals surface area contributed by atoms with Gasteiger partial charge in [0.1, 0.15) is 17.4 Å². The Balaban J connectivity index is 2.42. The standard InChI is InChI=1S/C8H11NO2S3/c1-12-8-6(10)7(13-14-8)9-2-4-11-5-3-9/h2-5H2,1H3/p+1. The Morgan fingerprint density at radius 2 is 2.07 bits per heavy atom. The number of morpholine rings is 1. The molecule has 0 atom stereocenters. The highest BCUT2D eigenvalue weighted by Gasteiger charge is 2.18. The van der Waals surface area contributed by atoms with Crippen LogP contribution >= 0.6 is 32.4 Å². The lowest BCUT2D eigenvalue weighted by molar-refractivity contribution is 0.0967. The van der Waals surface area contributed by atoms with Crippen molar-refractivity contribution in [2.24, 2.45) is 0 Å². The van der Waals surface area contributed by atoms with Crippen molar-refractivity contribution in [1.29, 1.82) is 0 Å². The molecular formula is C8H12NO2S3+. The van der Waals surface area contributed by atoms with Crippen molar-refractivity contribution in [3.05, 3.63) is 4.67 Å². The summed E-state index contributed by atoms with van der Waals surface area (Å²) in [6.45, 7) is 3.29. The number of nitrogens with zero attached hydrogens (tertiary/aromatic N) is 1. The first-order valence-electron chi connectivity index (χ1n) is 4.34. The lowest BCUT2D eigenvalue weighted by Gasteiger charge is -2.09. The fourth-order valence-electron chi connectivity index (χ4n) is 1.34. The van der Waals surface area contributed by atoms with Crippen LogP contribution in [-0.4, -0.2) is 37.7 Å². The first kappa shape index (κ1) is 10.5. The van der Waals surface area contributed by atoms with Gasteiger partial charge in [-0.1, -0.05) is 10.3 Å². The van der Waals surface area contributed by atoms with Gasteiger partial charge in [0, 0.05) is 0 Å². The van der Waals surface area contributed by atoms with Gasteiger partial charge in [-0.25, -0.2) is 4.58 Å². The van der Waals surface area contributed by atoms with Gasteiger partial charge in [-0.3, -0.25) is 0 Å². The quantitative estimate of drug-likeness (QED) is 0.459. The molecule has 1 N–H and O–H groups in total. The predicted molar refractivity (Wildman–Crippen MR) is 61.5 cm³/mol. The van der Waals surface area contributed by atoms with Crippen LogP contribution in [0.2, 0.25) is 0 Å². The Kier molecular flexibility index (Phi) is 3.48. The van der Waals surface area contributed by atoms with E-state index in [1.165, 1.54) is 0 Å². The van der Waals surface area contributed by atoms with Crippen LogP contribution in [0.3, 0.4) is 0 Å². The van der Waals surface area contributed by atoms with E-state index in [-0.39, 0.29) is 0 Å². The van der Waals surface area contributed by atoms with Crippen molar-refractivity contribution >= 4 is 32.4 Å². The highest BCUT2D eigenvalue weighted by Crippen LogP contribution is 2.30. The van der Waals surface area contributed by atoms with E-state index in [2.05, 4.69) is 4.58 Å². The van der Waals surface area contributed by atoms with Crippen LogP contribution in [0.25, 0.3) is 0 Å². The fraction of sp³-hybridized carbons (Fsp3) is 0.625. The maximum absolute atomic E-state index is 9.90. The van der Waals surface area contributed by atoms with Crippen molar-refractivity contribution in [2.45, 2.75) is 4.21 Å². The largest absolute Gasteiger partial charge is 0.500 e. The Labute approximate surface area is 94.1 Å². The van der Waals surface area contributed by atoms with Gasteiger partial charge in [0.15, 0.2) is 13.1 Å². The molecule has 0 radical (unpaired) electrons. The number of ether oxygens (including phenoxy) is 1. The maximum atomic E-state index is 9.90. The monoisotopic (exact) mass is 250 g/mol. The molecule has 14 heavy (non-hydrogen) atoms. The van der Waals surface area contributed by atoms with Gasteiger partial charge in [0.05, 0.1) is 0 Å². The Hall–Kier alpha value is -0.0400. The summed E-state index contributed by atoms with van der Waals surface area (Å²) in [5, 5.41) is 9.90. The number of hydrogen-bond acceptors (Lipinski definition) is 5. The summed E-state index contributed by atoms with van der Waals surface area (Å²) in [5.41, 5.74) is 0.